The number of benzene rings is 2. The van der Waals surface area contributed by atoms with Crippen LogP contribution >= 0.6 is 11.3 Å². The van der Waals surface area contributed by atoms with Crippen molar-refractivity contribution in [3.63, 3.8) is 0 Å². The number of hydrogen-bond donors (Lipinski definition) is 1. The lowest BCUT2D eigenvalue weighted by Crippen LogP contribution is -2.11. The highest BCUT2D eigenvalue weighted by atomic mass is 32.1. The minimum Gasteiger partial charge on any atom is -0.497 e. The number of thiazole rings is 1. The lowest BCUT2D eigenvalue weighted by Gasteiger charge is -2.04. The van der Waals surface area contributed by atoms with Crippen LogP contribution in [0.1, 0.15) is 17.3 Å². The van der Waals surface area contributed by atoms with Crippen molar-refractivity contribution in [2.24, 2.45) is 0 Å². The molecule has 0 bridgehead atoms. The van der Waals surface area contributed by atoms with E-state index < -0.39 is 0 Å². The molecule has 0 radical (unpaired) electrons. The van der Waals surface area contributed by atoms with Gasteiger partial charge >= 0.3 is 0 Å². The third-order valence-electron chi connectivity index (χ3n) is 3.23. The Kier molecular flexibility index (Phi) is 4.43. The highest BCUT2D eigenvalue weighted by molar-refractivity contribution is 7.22. The predicted molar refractivity (Wildman–Crippen MR) is 91.7 cm³/mol. The molecule has 0 aliphatic rings. The summed E-state index contributed by atoms with van der Waals surface area (Å²) in [5.74, 6) is 1.14. The molecule has 3 rings (SSSR count). The van der Waals surface area contributed by atoms with Crippen LogP contribution in [-0.2, 0) is 0 Å². The zero-order valence-corrected chi connectivity index (χ0v) is 13.6. The van der Waals surface area contributed by atoms with Gasteiger partial charge in [0.2, 0.25) is 0 Å². The number of ether oxygens (including phenoxy) is 2. The van der Waals surface area contributed by atoms with Crippen molar-refractivity contribution in [1.82, 2.24) is 4.98 Å². The number of amides is 1. The molecule has 1 heterocycles. The maximum absolute atomic E-state index is 12.3. The van der Waals surface area contributed by atoms with Gasteiger partial charge in [-0.2, -0.15) is 0 Å². The van der Waals surface area contributed by atoms with Crippen molar-refractivity contribution in [3.8, 4) is 11.5 Å². The number of para-hydroxylation sites is 1. The Morgan fingerprint density at radius 2 is 2.09 bits per heavy atom. The van der Waals surface area contributed by atoms with E-state index in [1.165, 1.54) is 11.3 Å². The normalized spacial score (nSPS) is 10.5. The zero-order valence-electron chi connectivity index (χ0n) is 12.8. The Hall–Kier alpha value is -2.60. The molecule has 5 nitrogen and oxygen atoms in total. The van der Waals surface area contributed by atoms with E-state index in [1.54, 1.807) is 31.4 Å². The first-order valence-electron chi connectivity index (χ1n) is 7.19. The first-order chi connectivity index (χ1) is 11.2. The number of carbonyl (C=O) groups excluding carboxylic acids is 1. The van der Waals surface area contributed by atoms with E-state index in [2.05, 4.69) is 10.3 Å². The van der Waals surface area contributed by atoms with Gasteiger partial charge in [0.05, 0.1) is 18.4 Å². The molecule has 23 heavy (non-hydrogen) atoms. The topological polar surface area (TPSA) is 60.5 Å². The minimum atomic E-state index is -0.221. The van der Waals surface area contributed by atoms with E-state index in [1.807, 2.05) is 25.1 Å². The number of nitrogens with zero attached hydrogens (tertiary/aromatic N) is 1. The van der Waals surface area contributed by atoms with Gasteiger partial charge in [-0.15, -0.1) is 0 Å². The van der Waals surface area contributed by atoms with Gasteiger partial charge in [0.25, 0.3) is 5.91 Å². The molecule has 1 aromatic heterocycles. The summed E-state index contributed by atoms with van der Waals surface area (Å²) in [6.45, 7) is 2.50. The van der Waals surface area contributed by atoms with E-state index in [0.717, 1.165) is 16.0 Å². The largest absolute Gasteiger partial charge is 0.497 e. The lowest BCUT2D eigenvalue weighted by atomic mass is 10.2. The Balaban J connectivity index is 1.86. The number of aromatic nitrogens is 1. The highest BCUT2D eigenvalue weighted by Crippen LogP contribution is 2.32. The van der Waals surface area contributed by atoms with E-state index in [0.29, 0.717) is 23.1 Å². The molecule has 1 N–H and O–H groups in total. The molecular formula is C17H16N2O3S. The van der Waals surface area contributed by atoms with E-state index in [4.69, 9.17) is 9.47 Å². The first kappa shape index (κ1) is 15.3. The van der Waals surface area contributed by atoms with Gasteiger partial charge < -0.3 is 9.47 Å². The standard InChI is InChI=1S/C17H16N2O3S/c1-3-22-13-8-5-9-14-15(13)18-17(23-14)19-16(20)11-6-4-7-12(10-11)21-2/h4-10H,3H2,1-2H3,(H,18,19,20). The molecular weight excluding hydrogens is 312 g/mol. The SMILES string of the molecule is CCOc1cccc2sc(NC(=O)c3cccc(OC)c3)nc12. The number of hydrogen-bond acceptors (Lipinski definition) is 5. The van der Waals surface area contributed by atoms with Gasteiger partial charge in [-0.25, -0.2) is 4.98 Å². The van der Waals surface area contributed by atoms with E-state index in [-0.39, 0.29) is 5.91 Å². The van der Waals surface area contributed by atoms with Crippen LogP contribution in [0.15, 0.2) is 42.5 Å². The van der Waals surface area contributed by atoms with E-state index >= 15 is 0 Å². The third kappa shape index (κ3) is 3.27. The Morgan fingerprint density at radius 1 is 1.26 bits per heavy atom. The quantitative estimate of drug-likeness (QED) is 0.770. The summed E-state index contributed by atoms with van der Waals surface area (Å²) >= 11 is 1.42. The number of nitrogens with one attached hydrogen (secondary N) is 1. The summed E-state index contributed by atoms with van der Waals surface area (Å²) in [5.41, 5.74) is 1.29. The van der Waals surface area contributed by atoms with Crippen LogP contribution in [-0.4, -0.2) is 24.6 Å². The molecule has 0 unspecified atom stereocenters. The predicted octanol–water partition coefficient (Wildman–Crippen LogP) is 3.96. The number of carbonyl (C=O) groups is 1. The van der Waals surface area contributed by atoms with Crippen molar-refractivity contribution in [1.29, 1.82) is 0 Å². The molecule has 0 saturated heterocycles. The molecule has 1 amide bonds. The number of rotatable bonds is 5. The molecule has 6 heteroatoms. The van der Waals surface area contributed by atoms with Crippen molar-refractivity contribution in [3.05, 3.63) is 48.0 Å². The summed E-state index contributed by atoms with van der Waals surface area (Å²) in [4.78, 5) is 16.8. The van der Waals surface area contributed by atoms with Gasteiger partial charge in [-0.05, 0) is 37.3 Å². The fraction of sp³-hybridized carbons (Fsp3) is 0.176. The zero-order chi connectivity index (χ0) is 16.2. The second-order valence-corrected chi connectivity index (χ2v) is 5.77. The Morgan fingerprint density at radius 3 is 2.87 bits per heavy atom. The summed E-state index contributed by atoms with van der Waals surface area (Å²) in [6, 6.07) is 12.7. The molecule has 0 atom stereocenters. The number of fused-ring (bicyclic) bond motifs is 1. The number of methoxy groups -OCH3 is 1. The monoisotopic (exact) mass is 328 g/mol. The highest BCUT2D eigenvalue weighted by Gasteiger charge is 2.13. The maximum Gasteiger partial charge on any atom is 0.257 e. The van der Waals surface area contributed by atoms with Gasteiger partial charge in [0, 0.05) is 5.56 Å². The molecule has 0 spiro atoms. The average molecular weight is 328 g/mol. The lowest BCUT2D eigenvalue weighted by molar-refractivity contribution is 0.102. The molecule has 118 valence electrons. The summed E-state index contributed by atoms with van der Waals surface area (Å²) in [6.07, 6.45) is 0. The number of anilines is 1. The van der Waals surface area contributed by atoms with Crippen LogP contribution < -0.4 is 14.8 Å². The van der Waals surface area contributed by atoms with Crippen LogP contribution in [0.5, 0.6) is 11.5 Å². The van der Waals surface area contributed by atoms with Crippen LogP contribution in [0, 0.1) is 0 Å². The van der Waals surface area contributed by atoms with Crippen molar-refractivity contribution < 1.29 is 14.3 Å². The summed E-state index contributed by atoms with van der Waals surface area (Å²) in [5, 5.41) is 3.37. The first-order valence-corrected chi connectivity index (χ1v) is 8.00. The molecule has 0 aliphatic heterocycles. The second kappa shape index (κ2) is 6.66. The molecule has 0 fully saturated rings. The fourth-order valence-corrected chi connectivity index (χ4v) is 3.06. The van der Waals surface area contributed by atoms with Crippen LogP contribution in [0.3, 0.4) is 0 Å². The van der Waals surface area contributed by atoms with E-state index in [9.17, 15) is 4.79 Å². The smallest absolute Gasteiger partial charge is 0.257 e. The van der Waals surface area contributed by atoms with Crippen LogP contribution in [0.25, 0.3) is 10.2 Å². The second-order valence-electron chi connectivity index (χ2n) is 4.74. The van der Waals surface area contributed by atoms with Gasteiger partial charge in [-0.3, -0.25) is 10.1 Å². The molecule has 2 aromatic carbocycles. The van der Waals surface area contributed by atoms with Gasteiger partial charge in [0.15, 0.2) is 5.13 Å². The molecule has 3 aromatic rings. The van der Waals surface area contributed by atoms with Crippen molar-refractivity contribution in [2.45, 2.75) is 6.92 Å². The fourth-order valence-electron chi connectivity index (χ4n) is 2.18. The van der Waals surface area contributed by atoms with Crippen LogP contribution in [0.2, 0.25) is 0 Å². The Bertz CT molecular complexity index is 845. The Labute approximate surface area is 137 Å². The summed E-state index contributed by atoms with van der Waals surface area (Å²) in [7, 11) is 1.57. The van der Waals surface area contributed by atoms with Crippen LogP contribution in [0.4, 0.5) is 5.13 Å². The van der Waals surface area contributed by atoms with Crippen molar-refractivity contribution >= 4 is 32.6 Å². The third-order valence-corrected chi connectivity index (χ3v) is 4.17. The summed E-state index contributed by atoms with van der Waals surface area (Å²) < 4.78 is 11.7. The van der Waals surface area contributed by atoms with Gasteiger partial charge in [-0.1, -0.05) is 23.5 Å². The maximum atomic E-state index is 12.3. The van der Waals surface area contributed by atoms with Crippen molar-refractivity contribution in [2.75, 3.05) is 19.0 Å². The minimum absolute atomic E-state index is 0.221. The molecule has 0 aliphatic carbocycles. The van der Waals surface area contributed by atoms with Gasteiger partial charge in [0.1, 0.15) is 17.0 Å². The molecule has 0 saturated carbocycles. The average Bonchev–Trinajstić information content (AvgIpc) is 2.98.